The molecule has 0 spiro atoms. The van der Waals surface area contributed by atoms with Crippen molar-refractivity contribution in [3.63, 3.8) is 0 Å². The number of unbranched alkanes of at least 4 members (excludes halogenated alkanes) is 1. The van der Waals surface area contributed by atoms with E-state index in [0.29, 0.717) is 5.56 Å². The van der Waals surface area contributed by atoms with Crippen LogP contribution < -0.4 is 0 Å². The largest absolute Gasteiger partial charge is 0.460 e. The third kappa shape index (κ3) is 4.02. The van der Waals surface area contributed by atoms with E-state index < -0.39 is 11.8 Å². The zero-order valence-corrected chi connectivity index (χ0v) is 10.4. The van der Waals surface area contributed by atoms with E-state index in [1.807, 2.05) is 6.07 Å². The first-order valence-electron chi connectivity index (χ1n) is 5.99. The molecule has 0 bridgehead atoms. The fraction of sp³-hybridized carbons (Fsp3) is 0.429. The van der Waals surface area contributed by atoms with Gasteiger partial charge in [0, 0.05) is 5.56 Å². The molecule has 0 unspecified atom stereocenters. The van der Waals surface area contributed by atoms with Gasteiger partial charge in [0.2, 0.25) is 0 Å². The molecule has 0 aliphatic heterocycles. The third-order valence-electron chi connectivity index (χ3n) is 2.47. The summed E-state index contributed by atoms with van der Waals surface area (Å²) in [5.41, 5.74) is 1.50. The average Bonchev–Trinajstić information content (AvgIpc) is 2.36. The number of hydrogen-bond donors (Lipinski definition) is 0. The number of aryl methyl sites for hydroxylation is 1. The SMILES string of the molecule is CCCCc1cccc(C(=O)C(=O)OCC)c1. The van der Waals surface area contributed by atoms with Crippen molar-refractivity contribution in [2.24, 2.45) is 0 Å². The van der Waals surface area contributed by atoms with Crippen molar-refractivity contribution >= 4 is 11.8 Å². The predicted molar refractivity (Wildman–Crippen MR) is 66.0 cm³/mol. The maximum absolute atomic E-state index is 11.7. The molecule has 0 saturated carbocycles. The third-order valence-corrected chi connectivity index (χ3v) is 2.47. The van der Waals surface area contributed by atoms with E-state index in [9.17, 15) is 9.59 Å². The second-order valence-corrected chi connectivity index (χ2v) is 3.85. The smallest absolute Gasteiger partial charge is 0.379 e. The van der Waals surface area contributed by atoms with Gasteiger partial charge in [0.1, 0.15) is 0 Å². The van der Waals surface area contributed by atoms with Crippen LogP contribution in [0.1, 0.15) is 42.6 Å². The summed E-state index contributed by atoms with van der Waals surface area (Å²) in [6.07, 6.45) is 3.12. The van der Waals surface area contributed by atoms with Crippen molar-refractivity contribution in [2.45, 2.75) is 33.1 Å². The van der Waals surface area contributed by atoms with Gasteiger partial charge in [-0.1, -0.05) is 31.5 Å². The van der Waals surface area contributed by atoms with Gasteiger partial charge in [0.05, 0.1) is 6.61 Å². The summed E-state index contributed by atoms with van der Waals surface area (Å²) in [6.45, 7) is 4.02. The normalized spacial score (nSPS) is 10.0. The minimum atomic E-state index is -0.778. The van der Waals surface area contributed by atoms with Gasteiger partial charge < -0.3 is 4.74 Å². The Kier molecular flexibility index (Phi) is 5.40. The first-order chi connectivity index (χ1) is 8.19. The topological polar surface area (TPSA) is 43.4 Å². The Morgan fingerprint density at radius 1 is 1.24 bits per heavy atom. The van der Waals surface area contributed by atoms with E-state index in [2.05, 4.69) is 6.92 Å². The Bertz CT molecular complexity index is 396. The summed E-state index contributed by atoms with van der Waals surface area (Å²) in [7, 11) is 0. The molecule has 1 aromatic carbocycles. The fourth-order valence-corrected chi connectivity index (χ4v) is 1.56. The summed E-state index contributed by atoms with van der Waals surface area (Å²) in [5, 5.41) is 0. The molecular formula is C14H18O3. The Balaban J connectivity index is 2.76. The monoisotopic (exact) mass is 234 g/mol. The van der Waals surface area contributed by atoms with E-state index in [0.717, 1.165) is 24.8 Å². The van der Waals surface area contributed by atoms with Crippen LogP contribution in [0, 0.1) is 0 Å². The zero-order valence-electron chi connectivity index (χ0n) is 10.4. The molecule has 0 saturated heterocycles. The van der Waals surface area contributed by atoms with Gasteiger partial charge in [-0.15, -0.1) is 0 Å². The molecule has 0 fully saturated rings. The first kappa shape index (κ1) is 13.4. The molecule has 0 aliphatic rings. The number of Topliss-reactive ketones (excluding diaryl/α,β-unsaturated/α-hetero) is 1. The van der Waals surface area contributed by atoms with Crippen LogP contribution in [0.15, 0.2) is 24.3 Å². The average molecular weight is 234 g/mol. The van der Waals surface area contributed by atoms with Gasteiger partial charge in [-0.3, -0.25) is 4.79 Å². The van der Waals surface area contributed by atoms with E-state index in [1.165, 1.54) is 0 Å². The molecule has 0 heterocycles. The van der Waals surface area contributed by atoms with Crippen LogP contribution in [0.2, 0.25) is 0 Å². The van der Waals surface area contributed by atoms with Gasteiger partial charge in [0.15, 0.2) is 0 Å². The number of benzene rings is 1. The quantitative estimate of drug-likeness (QED) is 0.432. The maximum atomic E-state index is 11.7. The number of rotatable bonds is 6. The summed E-state index contributed by atoms with van der Waals surface area (Å²) in [5.74, 6) is -1.34. The molecule has 3 nitrogen and oxygen atoms in total. The Morgan fingerprint density at radius 2 is 2.00 bits per heavy atom. The minimum Gasteiger partial charge on any atom is -0.460 e. The highest BCUT2D eigenvalue weighted by atomic mass is 16.5. The lowest BCUT2D eigenvalue weighted by molar-refractivity contribution is -0.137. The highest BCUT2D eigenvalue weighted by Gasteiger charge is 2.17. The van der Waals surface area contributed by atoms with E-state index in [4.69, 9.17) is 4.74 Å². The van der Waals surface area contributed by atoms with Crippen LogP contribution in [0.5, 0.6) is 0 Å². The molecule has 0 radical (unpaired) electrons. The van der Waals surface area contributed by atoms with Crippen molar-refractivity contribution in [1.29, 1.82) is 0 Å². The molecule has 1 aromatic rings. The van der Waals surface area contributed by atoms with Crippen LogP contribution in [0.25, 0.3) is 0 Å². The number of ether oxygens (including phenoxy) is 1. The Labute approximate surface area is 102 Å². The highest BCUT2D eigenvalue weighted by molar-refractivity contribution is 6.40. The molecule has 0 atom stereocenters. The molecular weight excluding hydrogens is 216 g/mol. The van der Waals surface area contributed by atoms with Crippen molar-refractivity contribution < 1.29 is 14.3 Å². The van der Waals surface area contributed by atoms with Crippen LogP contribution in [0.4, 0.5) is 0 Å². The standard InChI is InChI=1S/C14H18O3/c1-3-5-7-11-8-6-9-12(10-11)13(15)14(16)17-4-2/h6,8-10H,3-5,7H2,1-2H3. The lowest BCUT2D eigenvalue weighted by Gasteiger charge is -2.04. The molecule has 0 aliphatic carbocycles. The fourth-order valence-electron chi connectivity index (χ4n) is 1.56. The molecule has 3 heteroatoms. The Hall–Kier alpha value is -1.64. The predicted octanol–water partition coefficient (Wildman–Crippen LogP) is 2.78. The van der Waals surface area contributed by atoms with Crippen molar-refractivity contribution in [3.05, 3.63) is 35.4 Å². The molecule has 17 heavy (non-hydrogen) atoms. The van der Waals surface area contributed by atoms with Crippen LogP contribution >= 0.6 is 0 Å². The summed E-state index contributed by atoms with van der Waals surface area (Å²) >= 11 is 0. The lowest BCUT2D eigenvalue weighted by Crippen LogP contribution is -2.17. The number of esters is 1. The maximum Gasteiger partial charge on any atom is 0.379 e. The van der Waals surface area contributed by atoms with Gasteiger partial charge in [-0.25, -0.2) is 4.79 Å². The molecule has 0 N–H and O–H groups in total. The number of hydrogen-bond acceptors (Lipinski definition) is 3. The summed E-state index contributed by atoms with van der Waals surface area (Å²) in [6, 6.07) is 7.19. The molecule has 92 valence electrons. The van der Waals surface area contributed by atoms with Crippen molar-refractivity contribution in [3.8, 4) is 0 Å². The number of ketones is 1. The molecule has 0 aromatic heterocycles. The van der Waals surface area contributed by atoms with Gasteiger partial charge in [-0.05, 0) is 31.4 Å². The Morgan fingerprint density at radius 3 is 2.65 bits per heavy atom. The lowest BCUT2D eigenvalue weighted by atomic mass is 10.0. The van der Waals surface area contributed by atoms with Crippen molar-refractivity contribution in [2.75, 3.05) is 6.61 Å². The second-order valence-electron chi connectivity index (χ2n) is 3.85. The van der Waals surface area contributed by atoms with Gasteiger partial charge in [-0.2, -0.15) is 0 Å². The summed E-state index contributed by atoms with van der Waals surface area (Å²) < 4.78 is 4.69. The molecule has 0 amide bonds. The first-order valence-corrected chi connectivity index (χ1v) is 5.99. The minimum absolute atomic E-state index is 0.222. The number of carbonyl (C=O) groups is 2. The van der Waals surface area contributed by atoms with E-state index in [-0.39, 0.29) is 6.61 Å². The van der Waals surface area contributed by atoms with Crippen LogP contribution in [-0.4, -0.2) is 18.4 Å². The van der Waals surface area contributed by atoms with Crippen LogP contribution in [-0.2, 0) is 16.0 Å². The highest BCUT2D eigenvalue weighted by Crippen LogP contribution is 2.10. The number of carbonyl (C=O) groups excluding carboxylic acids is 2. The summed E-state index contributed by atoms with van der Waals surface area (Å²) in [4.78, 5) is 23.0. The van der Waals surface area contributed by atoms with E-state index >= 15 is 0 Å². The molecule has 1 rings (SSSR count). The zero-order chi connectivity index (χ0) is 12.7. The van der Waals surface area contributed by atoms with Crippen LogP contribution in [0.3, 0.4) is 0 Å². The van der Waals surface area contributed by atoms with Crippen molar-refractivity contribution in [1.82, 2.24) is 0 Å². The second kappa shape index (κ2) is 6.84. The van der Waals surface area contributed by atoms with E-state index in [1.54, 1.807) is 25.1 Å². The van der Waals surface area contributed by atoms with Gasteiger partial charge in [0.25, 0.3) is 5.78 Å². The van der Waals surface area contributed by atoms with Gasteiger partial charge >= 0.3 is 5.97 Å².